The van der Waals surface area contributed by atoms with Crippen LogP contribution in [0.2, 0.25) is 0 Å². The molecule has 1 aromatic heterocycles. The third kappa shape index (κ3) is 3.07. The zero-order valence-corrected chi connectivity index (χ0v) is 13.2. The van der Waals surface area contributed by atoms with Crippen LogP contribution in [0.1, 0.15) is 38.5 Å². The molecule has 1 aromatic rings. The quantitative estimate of drug-likeness (QED) is 0.843. The van der Waals surface area contributed by atoms with Crippen molar-refractivity contribution in [1.82, 2.24) is 14.9 Å². The van der Waals surface area contributed by atoms with Crippen molar-refractivity contribution in [1.29, 1.82) is 0 Å². The molecular weight excluding hydrogens is 336 g/mol. The zero-order chi connectivity index (χ0) is 14.8. The van der Waals surface area contributed by atoms with Gasteiger partial charge < -0.3 is 5.32 Å². The number of nitrogens with one attached hydrogen (secondary N) is 1. The van der Waals surface area contributed by atoms with Gasteiger partial charge in [-0.15, -0.1) is 0 Å². The van der Waals surface area contributed by atoms with Gasteiger partial charge in [-0.25, -0.2) is 9.97 Å². The van der Waals surface area contributed by atoms with Gasteiger partial charge in [0.2, 0.25) is 5.91 Å². The molecule has 2 amide bonds. The fourth-order valence-electron chi connectivity index (χ4n) is 3.05. The van der Waals surface area contributed by atoms with Crippen LogP contribution in [0.15, 0.2) is 17.0 Å². The van der Waals surface area contributed by atoms with Gasteiger partial charge in [-0.3, -0.25) is 14.5 Å². The van der Waals surface area contributed by atoms with Crippen LogP contribution in [-0.4, -0.2) is 38.8 Å². The molecule has 0 radical (unpaired) electrons. The van der Waals surface area contributed by atoms with E-state index in [0.29, 0.717) is 10.4 Å². The molecule has 1 aliphatic heterocycles. The maximum atomic E-state index is 12.5. The van der Waals surface area contributed by atoms with Gasteiger partial charge in [-0.1, -0.05) is 19.3 Å². The molecular formula is C14H17BrN4O2. The molecule has 2 heterocycles. The van der Waals surface area contributed by atoms with Gasteiger partial charge in [0.25, 0.3) is 5.91 Å². The average molecular weight is 353 g/mol. The molecule has 3 rings (SSSR count). The molecule has 1 saturated carbocycles. The summed E-state index contributed by atoms with van der Waals surface area (Å²) in [5.41, 5.74) is 0. The van der Waals surface area contributed by atoms with Crippen LogP contribution < -0.4 is 5.32 Å². The summed E-state index contributed by atoms with van der Waals surface area (Å²) in [7, 11) is 0. The maximum Gasteiger partial charge on any atom is 0.252 e. The monoisotopic (exact) mass is 352 g/mol. The molecule has 1 saturated heterocycles. The predicted octanol–water partition coefficient (Wildman–Crippen LogP) is 2.11. The molecule has 7 heteroatoms. The number of carbonyl (C=O) groups is 2. The van der Waals surface area contributed by atoms with Crippen LogP contribution in [-0.2, 0) is 9.59 Å². The number of halogens is 1. The Labute approximate surface area is 131 Å². The number of nitrogens with zero attached hydrogens (tertiary/aromatic N) is 3. The normalized spacial score (nSPS) is 23.7. The first-order valence-electron chi connectivity index (χ1n) is 7.25. The minimum atomic E-state index is -0.519. The van der Waals surface area contributed by atoms with E-state index in [2.05, 4.69) is 31.2 Å². The largest absolute Gasteiger partial charge is 0.357 e. The average Bonchev–Trinajstić information content (AvgIpc) is 2.77. The number of carbonyl (C=O) groups excluding carboxylic acids is 2. The molecule has 21 heavy (non-hydrogen) atoms. The van der Waals surface area contributed by atoms with E-state index < -0.39 is 6.04 Å². The number of anilines is 1. The summed E-state index contributed by atoms with van der Waals surface area (Å²) in [4.78, 5) is 34.3. The molecule has 1 atom stereocenters. The zero-order valence-electron chi connectivity index (χ0n) is 11.6. The Morgan fingerprint density at radius 3 is 2.57 bits per heavy atom. The standard InChI is InChI=1S/C14H17BrN4O2/c15-11-7-17-12(8-16-11)18-10-6-13(20)19(14(10)21)9-4-2-1-3-5-9/h7-10H,1-6H2,(H,17,18). The topological polar surface area (TPSA) is 75.2 Å². The lowest BCUT2D eigenvalue weighted by Crippen LogP contribution is -2.43. The Kier molecular flexibility index (Phi) is 4.19. The van der Waals surface area contributed by atoms with Gasteiger partial charge in [0.15, 0.2) is 0 Å². The van der Waals surface area contributed by atoms with Crippen molar-refractivity contribution >= 4 is 33.6 Å². The van der Waals surface area contributed by atoms with E-state index in [-0.39, 0.29) is 24.3 Å². The third-order valence-electron chi connectivity index (χ3n) is 4.07. The number of aromatic nitrogens is 2. The van der Waals surface area contributed by atoms with E-state index >= 15 is 0 Å². The van der Waals surface area contributed by atoms with Crippen molar-refractivity contribution in [3.63, 3.8) is 0 Å². The lowest BCUT2D eigenvalue weighted by Gasteiger charge is -2.29. The second-order valence-electron chi connectivity index (χ2n) is 5.52. The first-order chi connectivity index (χ1) is 10.1. The van der Waals surface area contributed by atoms with Crippen molar-refractivity contribution < 1.29 is 9.59 Å². The van der Waals surface area contributed by atoms with Gasteiger partial charge in [0, 0.05) is 6.04 Å². The van der Waals surface area contributed by atoms with E-state index in [1.807, 2.05) is 0 Å². The molecule has 1 aliphatic carbocycles. The summed E-state index contributed by atoms with van der Waals surface area (Å²) in [6.45, 7) is 0. The Hall–Kier alpha value is -1.50. The molecule has 1 unspecified atom stereocenters. The highest BCUT2D eigenvalue weighted by Crippen LogP contribution is 2.28. The highest BCUT2D eigenvalue weighted by Gasteiger charge is 2.42. The van der Waals surface area contributed by atoms with Crippen molar-refractivity contribution in [2.24, 2.45) is 0 Å². The van der Waals surface area contributed by atoms with Crippen LogP contribution in [0, 0.1) is 0 Å². The second-order valence-corrected chi connectivity index (χ2v) is 6.33. The molecule has 0 bridgehead atoms. The van der Waals surface area contributed by atoms with E-state index in [1.54, 1.807) is 12.4 Å². The highest BCUT2D eigenvalue weighted by atomic mass is 79.9. The maximum absolute atomic E-state index is 12.5. The summed E-state index contributed by atoms with van der Waals surface area (Å²) in [6, 6.07) is -0.434. The van der Waals surface area contributed by atoms with Gasteiger partial charge in [-0.05, 0) is 28.8 Å². The fraction of sp³-hybridized carbons (Fsp3) is 0.571. The Balaban J connectivity index is 1.69. The van der Waals surface area contributed by atoms with Crippen LogP contribution in [0.4, 0.5) is 5.82 Å². The summed E-state index contributed by atoms with van der Waals surface area (Å²) >= 11 is 3.21. The number of likely N-dealkylation sites (tertiary alicyclic amines) is 1. The van der Waals surface area contributed by atoms with Gasteiger partial charge >= 0.3 is 0 Å². The number of imide groups is 1. The van der Waals surface area contributed by atoms with E-state index in [1.165, 1.54) is 11.3 Å². The van der Waals surface area contributed by atoms with Crippen molar-refractivity contribution in [2.45, 2.75) is 50.6 Å². The number of hydrogen-bond acceptors (Lipinski definition) is 5. The van der Waals surface area contributed by atoms with Crippen LogP contribution >= 0.6 is 15.9 Å². The molecule has 112 valence electrons. The van der Waals surface area contributed by atoms with Crippen LogP contribution in [0.5, 0.6) is 0 Å². The van der Waals surface area contributed by atoms with Gasteiger partial charge in [0.1, 0.15) is 16.5 Å². The Morgan fingerprint density at radius 2 is 1.90 bits per heavy atom. The third-order valence-corrected chi connectivity index (χ3v) is 4.47. The van der Waals surface area contributed by atoms with E-state index in [0.717, 1.165) is 25.7 Å². The van der Waals surface area contributed by atoms with Crippen LogP contribution in [0.25, 0.3) is 0 Å². The molecule has 0 spiro atoms. The lowest BCUT2D eigenvalue weighted by molar-refractivity contribution is -0.141. The van der Waals surface area contributed by atoms with Crippen LogP contribution in [0.3, 0.4) is 0 Å². The first kappa shape index (κ1) is 14.4. The highest BCUT2D eigenvalue weighted by molar-refractivity contribution is 9.10. The molecule has 1 N–H and O–H groups in total. The summed E-state index contributed by atoms with van der Waals surface area (Å²) in [5, 5.41) is 3.01. The number of rotatable bonds is 3. The molecule has 2 aliphatic rings. The molecule has 6 nitrogen and oxygen atoms in total. The summed E-state index contributed by atoms with van der Waals surface area (Å²) in [5.74, 6) is 0.306. The molecule has 0 aromatic carbocycles. The summed E-state index contributed by atoms with van der Waals surface area (Å²) < 4.78 is 0.630. The van der Waals surface area contributed by atoms with Crippen molar-refractivity contribution in [2.75, 3.05) is 5.32 Å². The number of hydrogen-bond donors (Lipinski definition) is 1. The summed E-state index contributed by atoms with van der Waals surface area (Å²) in [6.07, 6.45) is 8.56. The number of amides is 2. The van der Waals surface area contributed by atoms with Crippen molar-refractivity contribution in [3.8, 4) is 0 Å². The van der Waals surface area contributed by atoms with Gasteiger partial charge in [0.05, 0.1) is 18.8 Å². The van der Waals surface area contributed by atoms with Crippen molar-refractivity contribution in [3.05, 3.63) is 17.0 Å². The second kappa shape index (κ2) is 6.09. The first-order valence-corrected chi connectivity index (χ1v) is 8.04. The molecule has 2 fully saturated rings. The predicted molar refractivity (Wildman–Crippen MR) is 80.5 cm³/mol. The minimum absolute atomic E-state index is 0.0746. The smallest absolute Gasteiger partial charge is 0.252 e. The Bertz CT molecular complexity index is 542. The fourth-order valence-corrected chi connectivity index (χ4v) is 3.26. The lowest BCUT2D eigenvalue weighted by atomic mass is 9.94. The van der Waals surface area contributed by atoms with E-state index in [4.69, 9.17) is 0 Å². The van der Waals surface area contributed by atoms with E-state index in [9.17, 15) is 9.59 Å². The van der Waals surface area contributed by atoms with Gasteiger partial charge in [-0.2, -0.15) is 0 Å². The Morgan fingerprint density at radius 1 is 1.14 bits per heavy atom. The minimum Gasteiger partial charge on any atom is -0.357 e. The SMILES string of the molecule is O=C1CC(Nc2cnc(Br)cn2)C(=O)N1C1CCCCC1.